The van der Waals surface area contributed by atoms with Gasteiger partial charge in [-0.15, -0.1) is 0 Å². The molecule has 0 saturated carbocycles. The predicted octanol–water partition coefficient (Wildman–Crippen LogP) is 3.60. The molecule has 0 N–H and O–H groups in total. The number of ether oxygens (including phenoxy) is 1. The molecule has 80 valence electrons. The van der Waals surface area contributed by atoms with E-state index >= 15 is 0 Å². The van der Waals surface area contributed by atoms with Gasteiger partial charge in [0.2, 0.25) is 0 Å². The molecule has 0 amide bonds. The van der Waals surface area contributed by atoms with Gasteiger partial charge in [-0.3, -0.25) is 0 Å². The first-order chi connectivity index (χ1) is 6.49. The summed E-state index contributed by atoms with van der Waals surface area (Å²) in [5.74, 6) is 0.197. The number of hydrogen-bond donors (Lipinski definition) is 0. The third-order valence-electron chi connectivity index (χ3n) is 1.19. The van der Waals surface area contributed by atoms with Crippen molar-refractivity contribution in [3.8, 4) is 0 Å². The van der Waals surface area contributed by atoms with Crippen LogP contribution in [-0.4, -0.2) is 12.8 Å². The molecule has 4 heteroatoms. The highest BCUT2D eigenvalue weighted by Gasteiger charge is 2.28. The maximum Gasteiger partial charge on any atom is 0.422 e. The molecule has 0 bridgehead atoms. The Morgan fingerprint density at radius 1 is 1.21 bits per heavy atom. The van der Waals surface area contributed by atoms with Crippen LogP contribution in [0.4, 0.5) is 13.2 Å². The van der Waals surface area contributed by atoms with Crippen LogP contribution in [0.5, 0.6) is 0 Å². The molecule has 0 atom stereocenters. The normalized spacial score (nSPS) is 14.2. The Kier molecular flexibility index (Phi) is 5.76. The lowest BCUT2D eigenvalue weighted by Crippen LogP contribution is -2.16. The maximum absolute atomic E-state index is 11.8. The van der Waals surface area contributed by atoms with Crippen molar-refractivity contribution < 1.29 is 17.9 Å². The van der Waals surface area contributed by atoms with E-state index in [1.165, 1.54) is 12.2 Å². The number of hydrogen-bond acceptors (Lipinski definition) is 1. The van der Waals surface area contributed by atoms with Gasteiger partial charge in [-0.25, -0.2) is 0 Å². The molecule has 0 rings (SSSR count). The van der Waals surface area contributed by atoms with Crippen molar-refractivity contribution in [1.82, 2.24) is 0 Å². The minimum absolute atomic E-state index is 0.197. The molecule has 0 heterocycles. The number of halogens is 3. The number of rotatable bonds is 4. The molecular formula is C10H13F3O. The molecule has 0 radical (unpaired) electrons. The second kappa shape index (κ2) is 6.29. The monoisotopic (exact) mass is 206 g/mol. The van der Waals surface area contributed by atoms with Crippen LogP contribution in [0.3, 0.4) is 0 Å². The van der Waals surface area contributed by atoms with E-state index < -0.39 is 12.8 Å². The Morgan fingerprint density at radius 3 is 2.29 bits per heavy atom. The van der Waals surface area contributed by atoms with Crippen molar-refractivity contribution in [2.24, 2.45) is 0 Å². The maximum atomic E-state index is 11.8. The lowest BCUT2D eigenvalue weighted by atomic mass is 10.3. The van der Waals surface area contributed by atoms with Crippen molar-refractivity contribution in [3.63, 3.8) is 0 Å². The first-order valence-electron chi connectivity index (χ1n) is 4.15. The summed E-state index contributed by atoms with van der Waals surface area (Å²) in [6, 6.07) is 0. The molecular weight excluding hydrogens is 193 g/mol. The van der Waals surface area contributed by atoms with Crippen LogP contribution < -0.4 is 0 Å². The van der Waals surface area contributed by atoms with E-state index in [2.05, 4.69) is 4.74 Å². The number of alkyl halides is 3. The van der Waals surface area contributed by atoms with Gasteiger partial charge in [0.1, 0.15) is 5.76 Å². The zero-order valence-electron chi connectivity index (χ0n) is 8.14. The molecule has 0 spiro atoms. The highest BCUT2D eigenvalue weighted by molar-refractivity contribution is 5.17. The molecule has 0 aliphatic heterocycles. The highest BCUT2D eigenvalue weighted by Crippen LogP contribution is 2.16. The first-order valence-corrected chi connectivity index (χ1v) is 4.15. The highest BCUT2D eigenvalue weighted by atomic mass is 19.4. The molecule has 0 fully saturated rings. The smallest absolute Gasteiger partial charge is 0.422 e. The van der Waals surface area contributed by atoms with Gasteiger partial charge in [0.25, 0.3) is 0 Å². The summed E-state index contributed by atoms with van der Waals surface area (Å²) < 4.78 is 39.9. The van der Waals surface area contributed by atoms with E-state index in [9.17, 15) is 13.2 Å². The minimum atomic E-state index is -4.30. The zero-order chi connectivity index (χ0) is 11.0. The Hall–Kier alpha value is -1.19. The second-order valence-electron chi connectivity index (χ2n) is 2.50. The Balaban J connectivity index is 4.25. The lowest BCUT2D eigenvalue weighted by molar-refractivity contribution is -0.163. The van der Waals surface area contributed by atoms with Gasteiger partial charge in [-0.2, -0.15) is 13.2 Å². The summed E-state index contributed by atoms with van der Waals surface area (Å²) >= 11 is 0. The average Bonchev–Trinajstić information content (AvgIpc) is 2.08. The van der Waals surface area contributed by atoms with E-state index in [0.29, 0.717) is 0 Å². The fourth-order valence-electron chi connectivity index (χ4n) is 0.672. The van der Waals surface area contributed by atoms with Crippen LogP contribution in [0, 0.1) is 0 Å². The van der Waals surface area contributed by atoms with Gasteiger partial charge in [-0.1, -0.05) is 18.2 Å². The van der Waals surface area contributed by atoms with Crippen LogP contribution in [-0.2, 0) is 4.74 Å². The minimum Gasteiger partial charge on any atom is -0.484 e. The third-order valence-corrected chi connectivity index (χ3v) is 1.19. The molecule has 0 aromatic heterocycles. The van der Waals surface area contributed by atoms with Crippen LogP contribution >= 0.6 is 0 Å². The van der Waals surface area contributed by atoms with Gasteiger partial charge in [0.05, 0.1) is 0 Å². The molecule has 0 unspecified atom stereocenters. The fourth-order valence-corrected chi connectivity index (χ4v) is 0.672. The summed E-state index contributed by atoms with van der Waals surface area (Å²) in [5.41, 5.74) is 0. The van der Waals surface area contributed by atoms with E-state index in [0.717, 1.165) is 0 Å². The molecule has 0 aliphatic rings. The molecule has 1 nitrogen and oxygen atoms in total. The van der Waals surface area contributed by atoms with Gasteiger partial charge in [0, 0.05) is 0 Å². The van der Waals surface area contributed by atoms with E-state index in [-0.39, 0.29) is 5.76 Å². The first kappa shape index (κ1) is 12.8. The van der Waals surface area contributed by atoms with E-state index in [1.54, 1.807) is 32.1 Å². The van der Waals surface area contributed by atoms with Crippen LogP contribution in [0.15, 0.2) is 36.1 Å². The van der Waals surface area contributed by atoms with Crippen LogP contribution in [0.2, 0.25) is 0 Å². The second-order valence-corrected chi connectivity index (χ2v) is 2.50. The van der Waals surface area contributed by atoms with Gasteiger partial charge < -0.3 is 4.74 Å². The lowest BCUT2D eigenvalue weighted by Gasteiger charge is -2.08. The van der Waals surface area contributed by atoms with Crippen molar-refractivity contribution in [3.05, 3.63) is 36.1 Å². The van der Waals surface area contributed by atoms with Crippen LogP contribution in [0.25, 0.3) is 0 Å². The Labute approximate surface area is 81.6 Å². The summed E-state index contributed by atoms with van der Waals surface area (Å²) in [4.78, 5) is 0. The largest absolute Gasteiger partial charge is 0.484 e. The van der Waals surface area contributed by atoms with Crippen molar-refractivity contribution >= 4 is 0 Å². The van der Waals surface area contributed by atoms with Crippen molar-refractivity contribution in [2.45, 2.75) is 20.0 Å². The van der Waals surface area contributed by atoms with Gasteiger partial charge in [-0.05, 0) is 26.0 Å². The summed E-state index contributed by atoms with van der Waals surface area (Å²) in [7, 11) is 0. The van der Waals surface area contributed by atoms with Crippen molar-refractivity contribution in [2.75, 3.05) is 6.61 Å². The summed E-state index contributed by atoms with van der Waals surface area (Å²) in [6.45, 7) is 2.22. The molecule has 0 aliphatic carbocycles. The number of allylic oxidation sites excluding steroid dienone is 5. The Bertz CT molecular complexity index is 236. The molecule has 0 aromatic rings. The topological polar surface area (TPSA) is 9.23 Å². The van der Waals surface area contributed by atoms with Gasteiger partial charge in [0.15, 0.2) is 6.61 Å². The third kappa shape index (κ3) is 7.46. The van der Waals surface area contributed by atoms with E-state index in [1.807, 2.05) is 0 Å². The summed E-state index contributed by atoms with van der Waals surface area (Å²) in [6.07, 6.45) is 3.60. The Morgan fingerprint density at radius 2 is 1.86 bits per heavy atom. The molecule has 14 heavy (non-hydrogen) atoms. The van der Waals surface area contributed by atoms with Crippen molar-refractivity contribution in [1.29, 1.82) is 0 Å². The molecule has 0 saturated heterocycles. The zero-order valence-corrected chi connectivity index (χ0v) is 8.14. The standard InChI is InChI=1S/C10H13F3O/c1-3-5-7-9(6-4-2)14-8-10(11,12)13/h3-7H,8H2,1-2H3/b5-3-,6-4-,9-7+. The SMILES string of the molecule is C\C=C/C=C(\C=C/C)OCC(F)(F)F. The summed E-state index contributed by atoms with van der Waals surface area (Å²) in [5, 5.41) is 0. The quantitative estimate of drug-likeness (QED) is 0.504. The predicted molar refractivity (Wildman–Crippen MR) is 49.7 cm³/mol. The molecule has 0 aromatic carbocycles. The van der Waals surface area contributed by atoms with Gasteiger partial charge >= 0.3 is 6.18 Å². The van der Waals surface area contributed by atoms with Crippen LogP contribution in [0.1, 0.15) is 13.8 Å². The average molecular weight is 206 g/mol. The fraction of sp³-hybridized carbons (Fsp3) is 0.400. The van der Waals surface area contributed by atoms with E-state index in [4.69, 9.17) is 0 Å².